The van der Waals surface area contributed by atoms with E-state index in [0.717, 1.165) is 0 Å². The summed E-state index contributed by atoms with van der Waals surface area (Å²) in [7, 11) is 0. The fourth-order valence-corrected chi connectivity index (χ4v) is 3.49. The number of para-hydroxylation sites is 1. The number of unbranched alkanes of at least 4 members (excludes halogenated alkanes) is 1. The molecule has 0 saturated carbocycles. The van der Waals surface area contributed by atoms with Crippen LogP contribution in [0.2, 0.25) is 0 Å². The molecular formula is C26H16F17NO3. The van der Waals surface area contributed by atoms with Gasteiger partial charge in [-0.3, -0.25) is 0 Å². The van der Waals surface area contributed by atoms with Crippen LogP contribution in [-0.4, -0.2) is 66.8 Å². The molecule has 0 heterocycles. The number of nitriles is 1. The molecule has 0 atom stereocenters. The number of hydrogen-bond donors (Lipinski definition) is 0. The highest BCUT2D eigenvalue weighted by Crippen LogP contribution is 2.64. The molecule has 0 amide bonds. The fraction of sp³-hybridized carbons (Fsp3) is 0.462. The predicted octanol–water partition coefficient (Wildman–Crippen LogP) is 8.94. The van der Waals surface area contributed by atoms with Crippen molar-refractivity contribution >= 4 is 5.97 Å². The SMILES string of the molecule is N#Cc1ccc(-c2ccccc2OCCCCOC(=O)C(F)(F)C(F)(F)C(F)(F)C(F)(F)C(F)(F)C(F)(F)C(F)(F)C(F)(F)F)cc1. The molecule has 0 unspecified atom stereocenters. The van der Waals surface area contributed by atoms with Crippen LogP contribution in [0.4, 0.5) is 74.6 Å². The highest BCUT2D eigenvalue weighted by molar-refractivity contribution is 5.79. The first-order valence-corrected chi connectivity index (χ1v) is 12.3. The average molecular weight is 713 g/mol. The summed E-state index contributed by atoms with van der Waals surface area (Å²) in [4.78, 5) is 11.4. The van der Waals surface area contributed by atoms with E-state index in [0.29, 0.717) is 16.7 Å². The van der Waals surface area contributed by atoms with Gasteiger partial charge in [0.05, 0.1) is 24.8 Å². The number of hydrogen-bond acceptors (Lipinski definition) is 4. The maximum Gasteiger partial charge on any atom is 0.460 e. The van der Waals surface area contributed by atoms with Gasteiger partial charge in [-0.2, -0.15) is 79.9 Å². The summed E-state index contributed by atoms with van der Waals surface area (Å²) >= 11 is 0. The first kappa shape index (κ1) is 39.2. The molecule has 0 N–H and O–H groups in total. The molecule has 0 spiro atoms. The van der Waals surface area contributed by atoms with Crippen molar-refractivity contribution in [2.24, 2.45) is 0 Å². The van der Waals surface area contributed by atoms with Crippen molar-refractivity contribution < 1.29 is 88.9 Å². The highest BCUT2D eigenvalue weighted by atomic mass is 19.4. The number of halogens is 17. The van der Waals surface area contributed by atoms with Crippen LogP contribution in [0.1, 0.15) is 18.4 Å². The lowest BCUT2D eigenvalue weighted by Crippen LogP contribution is -2.75. The Labute approximate surface area is 251 Å². The van der Waals surface area contributed by atoms with Crippen LogP contribution in [0, 0.1) is 11.3 Å². The van der Waals surface area contributed by atoms with Gasteiger partial charge in [0.2, 0.25) is 0 Å². The van der Waals surface area contributed by atoms with Gasteiger partial charge in [0.1, 0.15) is 5.75 Å². The van der Waals surface area contributed by atoms with Crippen LogP contribution in [0.25, 0.3) is 11.1 Å². The smallest absolute Gasteiger partial charge is 0.460 e. The zero-order valence-electron chi connectivity index (χ0n) is 22.5. The molecule has 21 heteroatoms. The maximum atomic E-state index is 13.9. The Bertz CT molecular complexity index is 1450. The Morgan fingerprint density at radius 1 is 0.596 bits per heavy atom. The topological polar surface area (TPSA) is 59.3 Å². The molecule has 0 aliphatic heterocycles. The van der Waals surface area contributed by atoms with Crippen LogP contribution in [0.15, 0.2) is 48.5 Å². The predicted molar refractivity (Wildman–Crippen MR) is 123 cm³/mol. The van der Waals surface area contributed by atoms with Crippen molar-refractivity contribution in [2.45, 2.75) is 60.5 Å². The van der Waals surface area contributed by atoms with E-state index in [4.69, 9.17) is 10.00 Å². The number of ether oxygens (including phenoxy) is 2. The molecule has 4 nitrogen and oxygen atoms in total. The van der Waals surface area contributed by atoms with E-state index < -0.39 is 66.6 Å². The summed E-state index contributed by atoms with van der Waals surface area (Å²) in [6.07, 6.45) is -8.74. The maximum absolute atomic E-state index is 13.9. The lowest BCUT2D eigenvalue weighted by molar-refractivity contribution is -0.460. The Balaban J connectivity index is 2.12. The third-order valence-electron chi connectivity index (χ3n) is 6.22. The second-order valence-corrected chi connectivity index (χ2v) is 9.40. The van der Waals surface area contributed by atoms with E-state index in [2.05, 4.69) is 4.74 Å². The average Bonchev–Trinajstić information content (AvgIpc) is 2.97. The van der Waals surface area contributed by atoms with Gasteiger partial charge in [-0.05, 0) is 36.6 Å². The van der Waals surface area contributed by atoms with Crippen LogP contribution in [0.5, 0.6) is 5.75 Å². The van der Waals surface area contributed by atoms with E-state index >= 15 is 0 Å². The molecule has 0 fully saturated rings. The molecule has 0 aliphatic rings. The largest absolute Gasteiger partial charge is 0.493 e. The van der Waals surface area contributed by atoms with E-state index in [9.17, 15) is 79.4 Å². The van der Waals surface area contributed by atoms with Crippen LogP contribution in [-0.2, 0) is 9.53 Å². The van der Waals surface area contributed by atoms with E-state index in [-0.39, 0.29) is 18.8 Å². The minimum absolute atomic E-state index is 0.207. The second kappa shape index (κ2) is 12.9. The van der Waals surface area contributed by atoms with Crippen molar-refractivity contribution in [3.63, 3.8) is 0 Å². The van der Waals surface area contributed by atoms with Crippen molar-refractivity contribution in [3.8, 4) is 22.9 Å². The summed E-state index contributed by atoms with van der Waals surface area (Å²) in [5.74, 6) is -62.1. The van der Waals surface area contributed by atoms with Gasteiger partial charge < -0.3 is 9.47 Å². The number of alkyl halides is 17. The molecule has 2 aromatic carbocycles. The molecule has 262 valence electrons. The first-order valence-electron chi connectivity index (χ1n) is 12.3. The molecule has 47 heavy (non-hydrogen) atoms. The zero-order valence-corrected chi connectivity index (χ0v) is 22.5. The van der Waals surface area contributed by atoms with Crippen molar-refractivity contribution in [1.29, 1.82) is 5.26 Å². The standard InChI is InChI=1S/C26H16F17NO3/c27-19(28,20(29,30)21(31,32)22(33,34)23(35,36)24(37,38)25(39,40)26(41,42)43)18(45)47-12-4-3-11-46-17-6-2-1-5-16(17)15-9-7-14(13-44)8-10-15/h1-2,5-10H,3-4,11-12H2. The minimum atomic E-state index is -8.79. The molecule has 0 saturated heterocycles. The molecule has 2 aromatic rings. The molecule has 0 aromatic heterocycles. The van der Waals surface area contributed by atoms with Gasteiger partial charge in [0.15, 0.2) is 0 Å². The second-order valence-electron chi connectivity index (χ2n) is 9.40. The van der Waals surface area contributed by atoms with Crippen LogP contribution >= 0.6 is 0 Å². The first-order chi connectivity index (χ1) is 21.2. The number of carbonyl (C=O) groups excluding carboxylic acids is 1. The van der Waals surface area contributed by atoms with E-state index in [1.165, 1.54) is 24.3 Å². The zero-order chi connectivity index (χ0) is 36.5. The Morgan fingerprint density at radius 3 is 1.53 bits per heavy atom. The van der Waals surface area contributed by atoms with Gasteiger partial charge in [0, 0.05) is 5.56 Å². The fourth-order valence-electron chi connectivity index (χ4n) is 3.49. The van der Waals surface area contributed by atoms with Crippen LogP contribution in [0.3, 0.4) is 0 Å². The third-order valence-corrected chi connectivity index (χ3v) is 6.22. The quantitative estimate of drug-likeness (QED) is 0.112. The summed E-state index contributed by atoms with van der Waals surface area (Å²) < 4.78 is 236. The lowest BCUT2D eigenvalue weighted by atomic mass is 9.89. The number of benzene rings is 2. The molecule has 0 aliphatic carbocycles. The summed E-state index contributed by atoms with van der Waals surface area (Å²) in [6, 6.07) is 14.1. The van der Waals surface area contributed by atoms with Gasteiger partial charge in [-0.1, -0.05) is 30.3 Å². The highest BCUT2D eigenvalue weighted by Gasteiger charge is 2.96. The van der Waals surface area contributed by atoms with Gasteiger partial charge >= 0.3 is 53.6 Å². The Hall–Kier alpha value is -3.99. The normalized spacial score (nSPS) is 14.0. The Morgan fingerprint density at radius 2 is 1.04 bits per heavy atom. The van der Waals surface area contributed by atoms with Gasteiger partial charge in [-0.25, -0.2) is 4.79 Å². The molecular weight excluding hydrogens is 697 g/mol. The number of nitrogens with zero attached hydrogens (tertiary/aromatic N) is 1. The van der Waals surface area contributed by atoms with E-state index in [1.54, 1.807) is 24.3 Å². The Kier molecular flexibility index (Phi) is 10.8. The van der Waals surface area contributed by atoms with Gasteiger partial charge in [0.25, 0.3) is 0 Å². The number of esters is 1. The van der Waals surface area contributed by atoms with Crippen molar-refractivity contribution in [1.82, 2.24) is 0 Å². The summed E-state index contributed by atoms with van der Waals surface area (Å²) in [5, 5.41) is 8.87. The van der Waals surface area contributed by atoms with E-state index in [1.807, 2.05) is 6.07 Å². The third kappa shape index (κ3) is 6.59. The molecule has 0 radical (unpaired) electrons. The van der Waals surface area contributed by atoms with Crippen LogP contribution < -0.4 is 4.74 Å². The van der Waals surface area contributed by atoms with Gasteiger partial charge in [-0.15, -0.1) is 0 Å². The number of carbonyl (C=O) groups is 1. The summed E-state index contributed by atoms with van der Waals surface area (Å²) in [5.41, 5.74) is 1.37. The van der Waals surface area contributed by atoms with Crippen molar-refractivity contribution in [3.05, 3.63) is 54.1 Å². The monoisotopic (exact) mass is 713 g/mol. The summed E-state index contributed by atoms with van der Waals surface area (Å²) in [6.45, 7) is -1.70. The molecule has 2 rings (SSSR count). The lowest BCUT2D eigenvalue weighted by Gasteiger charge is -2.42. The molecule has 0 bridgehead atoms. The van der Waals surface area contributed by atoms with Crippen molar-refractivity contribution in [2.75, 3.05) is 13.2 Å². The minimum Gasteiger partial charge on any atom is -0.493 e. The number of rotatable bonds is 14.